The summed E-state index contributed by atoms with van der Waals surface area (Å²) in [5, 5.41) is 5.90. The molecular weight excluding hydrogens is 238 g/mol. The molecule has 0 unspecified atom stereocenters. The van der Waals surface area contributed by atoms with E-state index in [0.717, 1.165) is 13.0 Å². The summed E-state index contributed by atoms with van der Waals surface area (Å²) in [6, 6.07) is 2.56. The van der Waals surface area contributed by atoms with Gasteiger partial charge in [0.15, 0.2) is 0 Å². The summed E-state index contributed by atoms with van der Waals surface area (Å²) < 4.78 is 11.2. The van der Waals surface area contributed by atoms with Crippen molar-refractivity contribution < 1.29 is 4.21 Å². The molecule has 1 N–H and O–H groups in total. The minimum Gasteiger partial charge on any atom is -0.309 e. The van der Waals surface area contributed by atoms with Crippen LogP contribution in [-0.2, 0) is 10.8 Å². The smallest absolute Gasteiger partial charge is 0.0388 e. The van der Waals surface area contributed by atoms with E-state index in [2.05, 4.69) is 30.6 Å². The SMILES string of the molecule is Cc1ccsc1[C@@H](C)NCC[C@@H](C)[S@](C)=O. The molecule has 3 atom stereocenters. The van der Waals surface area contributed by atoms with Gasteiger partial charge < -0.3 is 5.32 Å². The van der Waals surface area contributed by atoms with Crippen molar-refractivity contribution in [2.45, 2.75) is 38.5 Å². The largest absolute Gasteiger partial charge is 0.309 e. The first kappa shape index (κ1) is 13.9. The van der Waals surface area contributed by atoms with E-state index in [-0.39, 0.29) is 5.25 Å². The third-order valence-corrected chi connectivity index (χ3v) is 5.43. The highest BCUT2D eigenvalue weighted by atomic mass is 32.2. The molecule has 0 aliphatic carbocycles. The van der Waals surface area contributed by atoms with E-state index in [9.17, 15) is 4.21 Å². The maximum absolute atomic E-state index is 11.2. The molecule has 1 heterocycles. The molecule has 4 heteroatoms. The molecule has 2 nitrogen and oxygen atoms in total. The first-order valence-corrected chi connectivity index (χ1v) is 8.12. The monoisotopic (exact) mass is 259 g/mol. The summed E-state index contributed by atoms with van der Waals surface area (Å²) in [7, 11) is -0.704. The average molecular weight is 259 g/mol. The Kier molecular flexibility index (Phi) is 5.66. The van der Waals surface area contributed by atoms with E-state index in [1.165, 1.54) is 10.4 Å². The van der Waals surface area contributed by atoms with Gasteiger partial charge in [-0.05, 0) is 43.8 Å². The van der Waals surface area contributed by atoms with Gasteiger partial charge in [0, 0.05) is 33.2 Å². The van der Waals surface area contributed by atoms with E-state index in [1.54, 1.807) is 17.6 Å². The fraction of sp³-hybridized carbons (Fsp3) is 0.667. The van der Waals surface area contributed by atoms with Crippen molar-refractivity contribution in [2.75, 3.05) is 12.8 Å². The van der Waals surface area contributed by atoms with Crippen molar-refractivity contribution in [1.29, 1.82) is 0 Å². The Bertz CT molecular complexity index is 349. The van der Waals surface area contributed by atoms with E-state index in [0.29, 0.717) is 6.04 Å². The minimum absolute atomic E-state index is 0.282. The van der Waals surface area contributed by atoms with Crippen LogP contribution in [0.4, 0.5) is 0 Å². The summed E-state index contributed by atoms with van der Waals surface area (Å²) in [6.45, 7) is 7.30. The van der Waals surface area contributed by atoms with E-state index in [1.807, 2.05) is 6.92 Å². The molecule has 0 saturated carbocycles. The van der Waals surface area contributed by atoms with Crippen molar-refractivity contribution in [3.63, 3.8) is 0 Å². The molecule has 0 spiro atoms. The van der Waals surface area contributed by atoms with E-state index >= 15 is 0 Å². The highest BCUT2D eigenvalue weighted by Crippen LogP contribution is 2.23. The van der Waals surface area contributed by atoms with Crippen molar-refractivity contribution in [1.82, 2.24) is 5.32 Å². The van der Waals surface area contributed by atoms with Crippen LogP contribution in [0.2, 0.25) is 0 Å². The lowest BCUT2D eigenvalue weighted by Gasteiger charge is -2.15. The summed E-state index contributed by atoms with van der Waals surface area (Å²) >= 11 is 1.80. The van der Waals surface area contributed by atoms with Gasteiger partial charge in [0.25, 0.3) is 0 Å². The molecule has 16 heavy (non-hydrogen) atoms. The number of rotatable bonds is 6. The second-order valence-corrected chi connectivity index (χ2v) is 6.99. The Hall–Kier alpha value is -0.190. The van der Waals surface area contributed by atoms with Crippen LogP contribution in [-0.4, -0.2) is 22.3 Å². The average Bonchev–Trinajstić information content (AvgIpc) is 2.64. The van der Waals surface area contributed by atoms with Gasteiger partial charge in [-0.15, -0.1) is 11.3 Å². The highest BCUT2D eigenvalue weighted by Gasteiger charge is 2.10. The summed E-state index contributed by atoms with van der Waals surface area (Å²) in [5.41, 5.74) is 1.36. The molecule has 1 rings (SSSR count). The number of aryl methyl sites for hydroxylation is 1. The molecule has 0 radical (unpaired) electrons. The summed E-state index contributed by atoms with van der Waals surface area (Å²) in [6.07, 6.45) is 2.75. The molecule has 1 aromatic rings. The number of thiophene rings is 1. The van der Waals surface area contributed by atoms with Gasteiger partial charge in [0.2, 0.25) is 0 Å². The molecule has 0 saturated heterocycles. The van der Waals surface area contributed by atoms with Crippen LogP contribution in [0.5, 0.6) is 0 Å². The van der Waals surface area contributed by atoms with Crippen LogP contribution in [0.25, 0.3) is 0 Å². The molecular formula is C12H21NOS2. The Morgan fingerprint density at radius 3 is 2.69 bits per heavy atom. The van der Waals surface area contributed by atoms with Gasteiger partial charge in [-0.2, -0.15) is 0 Å². The highest BCUT2D eigenvalue weighted by molar-refractivity contribution is 7.84. The van der Waals surface area contributed by atoms with E-state index < -0.39 is 10.8 Å². The van der Waals surface area contributed by atoms with Crippen LogP contribution in [0.1, 0.15) is 36.8 Å². The zero-order valence-corrected chi connectivity index (χ0v) is 12.1. The van der Waals surface area contributed by atoms with Crippen molar-refractivity contribution >= 4 is 22.1 Å². The van der Waals surface area contributed by atoms with Crippen LogP contribution >= 0.6 is 11.3 Å². The quantitative estimate of drug-likeness (QED) is 0.851. The van der Waals surface area contributed by atoms with Gasteiger partial charge in [0.1, 0.15) is 0 Å². The lowest BCUT2D eigenvalue weighted by Crippen LogP contribution is -2.23. The number of hydrogen-bond donors (Lipinski definition) is 1. The lowest BCUT2D eigenvalue weighted by molar-refractivity contribution is 0.558. The van der Waals surface area contributed by atoms with Crippen LogP contribution < -0.4 is 5.32 Å². The molecule has 0 fully saturated rings. The minimum atomic E-state index is -0.704. The normalized spacial score (nSPS) is 17.0. The Labute approximate surface area is 105 Å². The maximum atomic E-state index is 11.2. The number of nitrogens with one attached hydrogen (secondary N) is 1. The molecule has 0 aliphatic heterocycles. The fourth-order valence-electron chi connectivity index (χ4n) is 1.59. The third-order valence-electron chi connectivity index (χ3n) is 2.86. The topological polar surface area (TPSA) is 29.1 Å². The van der Waals surface area contributed by atoms with Gasteiger partial charge >= 0.3 is 0 Å². The van der Waals surface area contributed by atoms with Crippen molar-refractivity contribution in [2.24, 2.45) is 0 Å². The van der Waals surface area contributed by atoms with Gasteiger partial charge in [-0.1, -0.05) is 6.92 Å². The fourth-order valence-corrected chi connectivity index (χ4v) is 3.00. The maximum Gasteiger partial charge on any atom is 0.0388 e. The Morgan fingerprint density at radius 2 is 2.19 bits per heavy atom. The second kappa shape index (κ2) is 6.52. The number of hydrogen-bond acceptors (Lipinski definition) is 3. The third kappa shape index (κ3) is 4.00. The van der Waals surface area contributed by atoms with Gasteiger partial charge in [-0.3, -0.25) is 4.21 Å². The van der Waals surface area contributed by atoms with Crippen LogP contribution in [0.15, 0.2) is 11.4 Å². The first-order valence-electron chi connectivity index (χ1n) is 5.62. The zero-order valence-electron chi connectivity index (χ0n) is 10.4. The predicted molar refractivity (Wildman–Crippen MR) is 73.6 cm³/mol. The van der Waals surface area contributed by atoms with Crippen LogP contribution in [0.3, 0.4) is 0 Å². The molecule has 0 aliphatic rings. The molecule has 1 aromatic heterocycles. The molecule has 0 bridgehead atoms. The Balaban J connectivity index is 2.34. The lowest BCUT2D eigenvalue weighted by atomic mass is 10.2. The molecule has 0 aromatic carbocycles. The van der Waals surface area contributed by atoms with Crippen molar-refractivity contribution in [3.05, 3.63) is 21.9 Å². The Morgan fingerprint density at radius 1 is 1.50 bits per heavy atom. The van der Waals surface area contributed by atoms with Crippen molar-refractivity contribution in [3.8, 4) is 0 Å². The van der Waals surface area contributed by atoms with E-state index in [4.69, 9.17) is 0 Å². The van der Waals surface area contributed by atoms with Crippen LogP contribution in [0, 0.1) is 6.92 Å². The zero-order chi connectivity index (χ0) is 12.1. The standard InChI is InChI=1S/C12H21NOS2/c1-9-6-8-15-12(9)11(3)13-7-5-10(2)16(4)14/h6,8,10-11,13H,5,7H2,1-4H3/t10-,11-,16+/m1/s1. The van der Waals surface area contributed by atoms with Gasteiger partial charge in [-0.25, -0.2) is 0 Å². The second-order valence-electron chi connectivity index (χ2n) is 4.24. The molecule has 92 valence electrons. The first-order chi connectivity index (χ1) is 7.52. The summed E-state index contributed by atoms with van der Waals surface area (Å²) in [5.74, 6) is 0. The van der Waals surface area contributed by atoms with Gasteiger partial charge in [0.05, 0.1) is 0 Å². The predicted octanol–water partition coefficient (Wildman–Crippen LogP) is 2.86. The summed E-state index contributed by atoms with van der Waals surface area (Å²) in [4.78, 5) is 1.41. The molecule has 0 amide bonds.